The van der Waals surface area contributed by atoms with Crippen LogP contribution in [0.25, 0.3) is 33.3 Å². The van der Waals surface area contributed by atoms with E-state index in [9.17, 15) is 14.3 Å². The summed E-state index contributed by atoms with van der Waals surface area (Å²) in [4.78, 5) is 18.2. The molecule has 0 saturated carbocycles. The van der Waals surface area contributed by atoms with Crippen molar-refractivity contribution in [1.82, 2.24) is 4.98 Å². The lowest BCUT2D eigenvalue weighted by Crippen LogP contribution is -2.28. The Morgan fingerprint density at radius 1 is 1.17 bits per heavy atom. The highest BCUT2D eigenvalue weighted by Crippen LogP contribution is 2.36. The van der Waals surface area contributed by atoms with Crippen LogP contribution in [0.4, 0.5) is 10.1 Å². The summed E-state index contributed by atoms with van der Waals surface area (Å²) < 4.78 is 19.6. The summed E-state index contributed by atoms with van der Waals surface area (Å²) in [6, 6.07) is 13.2. The molecule has 0 unspecified atom stereocenters. The monoisotopic (exact) mass is 392 g/mol. The van der Waals surface area contributed by atoms with Crippen molar-refractivity contribution in [2.24, 2.45) is 0 Å². The van der Waals surface area contributed by atoms with Crippen LogP contribution in [0.2, 0.25) is 0 Å². The maximum Gasteiger partial charge on any atom is 0.335 e. The zero-order chi connectivity index (χ0) is 20.7. The number of carboxylic acids is 1. The minimum Gasteiger partial charge on any atom is -0.478 e. The van der Waals surface area contributed by atoms with Crippen molar-refractivity contribution in [3.05, 3.63) is 59.9 Å². The summed E-state index contributed by atoms with van der Waals surface area (Å²) >= 11 is 0. The molecule has 2 heterocycles. The Morgan fingerprint density at radius 3 is 2.69 bits per heavy atom. The Labute approximate surface area is 167 Å². The van der Waals surface area contributed by atoms with Gasteiger partial charge in [0, 0.05) is 23.9 Å². The minimum atomic E-state index is -0.980. The molecule has 2 aromatic heterocycles. The number of aromatic nitrogens is 1. The molecule has 1 atom stereocenters. The largest absolute Gasteiger partial charge is 0.478 e. The minimum absolute atomic E-state index is 0.211. The molecule has 0 saturated heterocycles. The van der Waals surface area contributed by atoms with Gasteiger partial charge >= 0.3 is 5.97 Å². The van der Waals surface area contributed by atoms with E-state index in [2.05, 4.69) is 18.7 Å². The molecule has 0 fully saturated rings. The number of hydrogen-bond donors (Lipinski definition) is 1. The maximum absolute atomic E-state index is 13.6. The number of aromatic carboxylic acids is 1. The second kappa shape index (κ2) is 7.20. The van der Waals surface area contributed by atoms with Crippen LogP contribution in [-0.4, -0.2) is 29.1 Å². The Bertz CT molecular complexity index is 1230. The van der Waals surface area contributed by atoms with Crippen molar-refractivity contribution in [3.8, 4) is 11.5 Å². The molecule has 0 aliphatic heterocycles. The molecule has 2 aromatic carbocycles. The molecule has 0 spiro atoms. The highest BCUT2D eigenvalue weighted by molar-refractivity contribution is 5.96. The quantitative estimate of drug-likeness (QED) is 0.470. The van der Waals surface area contributed by atoms with Crippen LogP contribution < -0.4 is 4.90 Å². The molecule has 5 nitrogen and oxygen atoms in total. The number of halogens is 1. The van der Waals surface area contributed by atoms with Crippen LogP contribution in [-0.2, 0) is 0 Å². The van der Waals surface area contributed by atoms with Crippen molar-refractivity contribution in [3.63, 3.8) is 0 Å². The first-order valence-electron chi connectivity index (χ1n) is 9.47. The van der Waals surface area contributed by atoms with Gasteiger partial charge in [0.25, 0.3) is 0 Å². The Balaban J connectivity index is 1.96. The number of furan rings is 1. The van der Waals surface area contributed by atoms with E-state index in [0.29, 0.717) is 27.9 Å². The number of carboxylic acid groups (broad SMARTS) is 1. The maximum atomic E-state index is 13.6. The van der Waals surface area contributed by atoms with Gasteiger partial charge in [0.05, 0.1) is 16.8 Å². The van der Waals surface area contributed by atoms with Crippen LogP contribution in [0.1, 0.15) is 30.6 Å². The van der Waals surface area contributed by atoms with E-state index in [1.807, 2.05) is 13.1 Å². The van der Waals surface area contributed by atoms with Crippen LogP contribution in [0, 0.1) is 5.82 Å². The molecule has 0 amide bonds. The van der Waals surface area contributed by atoms with E-state index < -0.39 is 5.97 Å². The van der Waals surface area contributed by atoms with Gasteiger partial charge in [-0.3, -0.25) is 0 Å². The molecule has 1 N–H and O–H groups in total. The number of fused-ring (bicyclic) bond motifs is 2. The lowest BCUT2D eigenvalue weighted by Gasteiger charge is -2.27. The van der Waals surface area contributed by atoms with Gasteiger partial charge in [-0.05, 0) is 61.9 Å². The standard InChI is InChI=1S/C23H21FN2O3/c1-4-13(2)26(3)19-11-15-9-14(23(27)28)5-7-18(15)25-22(19)21-12-16-10-17(24)6-8-20(16)29-21/h5-13H,4H2,1-3H3,(H,27,28)/t13-/m1/s1. The third-order valence-corrected chi connectivity index (χ3v) is 5.39. The fourth-order valence-electron chi connectivity index (χ4n) is 3.39. The average Bonchev–Trinajstić information content (AvgIpc) is 3.14. The van der Waals surface area contributed by atoms with Crippen LogP contribution >= 0.6 is 0 Å². The first kappa shape index (κ1) is 18.9. The van der Waals surface area contributed by atoms with Gasteiger partial charge in [0.15, 0.2) is 5.76 Å². The summed E-state index contributed by atoms with van der Waals surface area (Å²) in [5.74, 6) is -0.762. The fourth-order valence-corrected chi connectivity index (χ4v) is 3.39. The molecule has 6 heteroatoms. The molecule has 0 aliphatic carbocycles. The molecular weight excluding hydrogens is 371 g/mol. The third-order valence-electron chi connectivity index (χ3n) is 5.39. The predicted octanol–water partition coefficient (Wildman–Crippen LogP) is 5.72. The highest BCUT2D eigenvalue weighted by Gasteiger charge is 2.20. The molecule has 0 aliphatic rings. The average molecular weight is 392 g/mol. The van der Waals surface area contributed by atoms with E-state index in [-0.39, 0.29) is 17.4 Å². The number of rotatable bonds is 5. The number of pyridine rings is 1. The topological polar surface area (TPSA) is 66.6 Å². The lowest BCUT2D eigenvalue weighted by molar-refractivity contribution is 0.0697. The van der Waals surface area contributed by atoms with Crippen molar-refractivity contribution in [1.29, 1.82) is 0 Å². The SMILES string of the molecule is CC[C@@H](C)N(C)c1cc2cc(C(=O)O)ccc2nc1-c1cc2cc(F)ccc2o1. The van der Waals surface area contributed by atoms with Gasteiger partial charge in [-0.25, -0.2) is 14.2 Å². The Morgan fingerprint density at radius 2 is 1.97 bits per heavy atom. The van der Waals surface area contributed by atoms with Crippen LogP contribution in [0.5, 0.6) is 0 Å². The second-order valence-corrected chi connectivity index (χ2v) is 7.23. The summed E-state index contributed by atoms with van der Waals surface area (Å²) in [7, 11) is 1.98. The molecule has 0 bridgehead atoms. The number of benzene rings is 2. The smallest absolute Gasteiger partial charge is 0.335 e. The van der Waals surface area contributed by atoms with Gasteiger partial charge in [-0.15, -0.1) is 0 Å². The van der Waals surface area contributed by atoms with Crippen molar-refractivity contribution < 1.29 is 18.7 Å². The molecule has 148 valence electrons. The lowest BCUT2D eigenvalue weighted by atomic mass is 10.1. The third kappa shape index (κ3) is 3.42. The van der Waals surface area contributed by atoms with Crippen LogP contribution in [0.15, 0.2) is 52.9 Å². The first-order valence-corrected chi connectivity index (χ1v) is 9.47. The molecule has 0 radical (unpaired) electrons. The fraction of sp³-hybridized carbons (Fsp3) is 0.217. The summed E-state index contributed by atoms with van der Waals surface area (Å²) in [6.07, 6.45) is 0.925. The predicted molar refractivity (Wildman–Crippen MR) is 112 cm³/mol. The van der Waals surface area contributed by atoms with Gasteiger partial charge < -0.3 is 14.4 Å². The molecular formula is C23H21FN2O3. The van der Waals surface area contributed by atoms with Crippen molar-refractivity contribution >= 4 is 33.5 Å². The van der Waals surface area contributed by atoms with E-state index in [4.69, 9.17) is 9.40 Å². The van der Waals surface area contributed by atoms with Gasteiger partial charge in [-0.2, -0.15) is 0 Å². The molecule has 29 heavy (non-hydrogen) atoms. The Kier molecular flexibility index (Phi) is 4.70. The van der Waals surface area contributed by atoms with E-state index in [0.717, 1.165) is 17.5 Å². The zero-order valence-corrected chi connectivity index (χ0v) is 16.4. The van der Waals surface area contributed by atoms with E-state index in [1.165, 1.54) is 18.2 Å². The Hall–Kier alpha value is -3.41. The van der Waals surface area contributed by atoms with E-state index in [1.54, 1.807) is 24.3 Å². The number of hydrogen-bond acceptors (Lipinski definition) is 4. The van der Waals surface area contributed by atoms with Crippen LogP contribution in [0.3, 0.4) is 0 Å². The van der Waals surface area contributed by atoms with Crippen molar-refractivity contribution in [2.75, 3.05) is 11.9 Å². The second-order valence-electron chi connectivity index (χ2n) is 7.23. The number of anilines is 1. The molecule has 4 aromatic rings. The van der Waals surface area contributed by atoms with Gasteiger partial charge in [0.2, 0.25) is 0 Å². The highest BCUT2D eigenvalue weighted by atomic mass is 19.1. The molecule has 4 rings (SSSR count). The number of nitrogens with zero attached hydrogens (tertiary/aromatic N) is 2. The number of carbonyl (C=O) groups is 1. The summed E-state index contributed by atoms with van der Waals surface area (Å²) in [5, 5.41) is 10.7. The van der Waals surface area contributed by atoms with E-state index >= 15 is 0 Å². The zero-order valence-electron chi connectivity index (χ0n) is 16.4. The first-order chi connectivity index (χ1) is 13.9. The normalized spacial score (nSPS) is 12.4. The summed E-state index contributed by atoms with van der Waals surface area (Å²) in [6.45, 7) is 4.21. The van der Waals surface area contributed by atoms with Crippen molar-refractivity contribution in [2.45, 2.75) is 26.3 Å². The van der Waals surface area contributed by atoms with Gasteiger partial charge in [0.1, 0.15) is 17.1 Å². The summed E-state index contributed by atoms with van der Waals surface area (Å²) in [5.41, 5.74) is 2.93. The van der Waals surface area contributed by atoms with Gasteiger partial charge in [-0.1, -0.05) is 6.92 Å².